The van der Waals surface area contributed by atoms with Crippen LogP contribution < -0.4 is 10.1 Å². The zero-order chi connectivity index (χ0) is 11.4. The van der Waals surface area contributed by atoms with Crippen LogP contribution >= 0.6 is 0 Å². The number of rotatable bonds is 3. The highest BCUT2D eigenvalue weighted by atomic mass is 16.5. The van der Waals surface area contributed by atoms with Gasteiger partial charge in [-0.2, -0.15) is 4.98 Å². The van der Waals surface area contributed by atoms with Crippen LogP contribution in [-0.2, 0) is 0 Å². The van der Waals surface area contributed by atoms with E-state index in [0.717, 1.165) is 24.6 Å². The van der Waals surface area contributed by atoms with Gasteiger partial charge in [0.2, 0.25) is 5.88 Å². The molecule has 0 spiro atoms. The molecule has 0 aromatic carbocycles. The van der Waals surface area contributed by atoms with Gasteiger partial charge >= 0.3 is 0 Å². The monoisotopic (exact) mass is 221 g/mol. The normalized spacial score (nSPS) is 25.1. The molecule has 2 rings (SSSR count). The van der Waals surface area contributed by atoms with Crippen LogP contribution in [0.4, 0.5) is 5.82 Å². The molecule has 0 aliphatic heterocycles. The molecule has 0 bridgehead atoms. The predicted octanol–water partition coefficient (Wildman–Crippen LogP) is 2.48. The summed E-state index contributed by atoms with van der Waals surface area (Å²) in [4.78, 5) is 8.40. The number of nitrogens with zero attached hydrogens (tertiary/aromatic N) is 2. The molecule has 1 aromatic rings. The molecular weight excluding hydrogens is 202 g/mol. The molecule has 88 valence electrons. The maximum atomic E-state index is 5.85. The maximum absolute atomic E-state index is 5.85. The first kappa shape index (κ1) is 11.2. The number of hydrogen-bond donors (Lipinski definition) is 1. The molecule has 4 nitrogen and oxygen atoms in total. The quantitative estimate of drug-likeness (QED) is 0.851. The first-order valence-electron chi connectivity index (χ1n) is 5.94. The Labute approximate surface area is 96.4 Å². The molecule has 1 aliphatic rings. The Hall–Kier alpha value is -1.32. The van der Waals surface area contributed by atoms with Crippen molar-refractivity contribution in [3.8, 4) is 5.88 Å². The topological polar surface area (TPSA) is 47.0 Å². The van der Waals surface area contributed by atoms with E-state index in [1.807, 2.05) is 7.05 Å². The molecule has 1 heterocycles. The summed E-state index contributed by atoms with van der Waals surface area (Å²) >= 11 is 0. The Bertz CT molecular complexity index is 343. The van der Waals surface area contributed by atoms with Gasteiger partial charge < -0.3 is 10.1 Å². The van der Waals surface area contributed by atoms with Crippen LogP contribution in [-0.4, -0.2) is 23.1 Å². The van der Waals surface area contributed by atoms with Crippen LogP contribution in [0.5, 0.6) is 5.88 Å². The molecule has 1 saturated carbocycles. The van der Waals surface area contributed by atoms with Crippen LogP contribution in [0.3, 0.4) is 0 Å². The lowest BCUT2D eigenvalue weighted by Crippen LogP contribution is -2.24. The number of hydrogen-bond acceptors (Lipinski definition) is 4. The van der Waals surface area contributed by atoms with Gasteiger partial charge in [0.1, 0.15) is 11.9 Å². The zero-order valence-corrected chi connectivity index (χ0v) is 9.94. The molecule has 1 aliphatic carbocycles. The van der Waals surface area contributed by atoms with E-state index in [4.69, 9.17) is 4.74 Å². The SMILES string of the molecule is CNc1cncc(OC2CCCC(C)C2)n1. The molecule has 1 N–H and O–H groups in total. The number of ether oxygens (including phenoxy) is 1. The number of anilines is 1. The second kappa shape index (κ2) is 5.14. The third-order valence-electron chi connectivity index (χ3n) is 3.04. The van der Waals surface area contributed by atoms with Crippen LogP contribution in [0.25, 0.3) is 0 Å². The van der Waals surface area contributed by atoms with E-state index < -0.39 is 0 Å². The van der Waals surface area contributed by atoms with Crippen LogP contribution in [0, 0.1) is 5.92 Å². The van der Waals surface area contributed by atoms with Crippen LogP contribution in [0.15, 0.2) is 12.4 Å². The van der Waals surface area contributed by atoms with Gasteiger partial charge in [0.15, 0.2) is 0 Å². The third-order valence-corrected chi connectivity index (χ3v) is 3.04. The molecule has 1 fully saturated rings. The minimum absolute atomic E-state index is 0.310. The highest BCUT2D eigenvalue weighted by molar-refractivity contribution is 5.31. The van der Waals surface area contributed by atoms with E-state index >= 15 is 0 Å². The van der Waals surface area contributed by atoms with Crippen molar-refractivity contribution in [3.05, 3.63) is 12.4 Å². The summed E-state index contributed by atoms with van der Waals surface area (Å²) in [5, 5.41) is 2.96. The molecule has 2 atom stereocenters. The summed E-state index contributed by atoms with van der Waals surface area (Å²) in [6, 6.07) is 0. The number of nitrogens with one attached hydrogen (secondary N) is 1. The van der Waals surface area contributed by atoms with Gasteiger partial charge in [-0.3, -0.25) is 4.98 Å². The summed E-state index contributed by atoms with van der Waals surface area (Å²) < 4.78 is 5.85. The second-order valence-electron chi connectivity index (χ2n) is 4.50. The van der Waals surface area contributed by atoms with E-state index in [9.17, 15) is 0 Å². The Kier molecular flexibility index (Phi) is 3.59. The maximum Gasteiger partial charge on any atom is 0.234 e. The molecule has 1 aromatic heterocycles. The average molecular weight is 221 g/mol. The zero-order valence-electron chi connectivity index (χ0n) is 9.94. The molecular formula is C12H19N3O. The van der Waals surface area contributed by atoms with E-state index in [0.29, 0.717) is 12.0 Å². The van der Waals surface area contributed by atoms with Crippen LogP contribution in [0.2, 0.25) is 0 Å². The van der Waals surface area contributed by atoms with Crippen molar-refractivity contribution in [1.29, 1.82) is 0 Å². The minimum atomic E-state index is 0.310. The number of aromatic nitrogens is 2. The van der Waals surface area contributed by atoms with Crippen molar-refractivity contribution in [1.82, 2.24) is 9.97 Å². The summed E-state index contributed by atoms with van der Waals surface area (Å²) in [5.41, 5.74) is 0. The summed E-state index contributed by atoms with van der Waals surface area (Å²) in [7, 11) is 1.83. The molecule has 0 saturated heterocycles. The largest absolute Gasteiger partial charge is 0.473 e. The van der Waals surface area contributed by atoms with E-state index in [1.54, 1.807) is 12.4 Å². The predicted molar refractivity (Wildman–Crippen MR) is 63.6 cm³/mol. The van der Waals surface area contributed by atoms with Gasteiger partial charge in [0.05, 0.1) is 12.4 Å². The summed E-state index contributed by atoms with van der Waals surface area (Å²) in [5.74, 6) is 2.14. The van der Waals surface area contributed by atoms with Gasteiger partial charge in [0.25, 0.3) is 0 Å². The van der Waals surface area contributed by atoms with Crippen molar-refractivity contribution in [3.63, 3.8) is 0 Å². The fourth-order valence-electron chi connectivity index (χ4n) is 2.18. The molecule has 4 heteroatoms. The smallest absolute Gasteiger partial charge is 0.234 e. The standard InChI is InChI=1S/C12H19N3O/c1-9-4-3-5-10(6-9)16-12-8-14-7-11(13-2)15-12/h7-10H,3-6H2,1-2H3,(H,13,15). The minimum Gasteiger partial charge on any atom is -0.473 e. The molecule has 16 heavy (non-hydrogen) atoms. The van der Waals surface area contributed by atoms with E-state index in [1.165, 1.54) is 12.8 Å². The highest BCUT2D eigenvalue weighted by Gasteiger charge is 2.20. The van der Waals surface area contributed by atoms with Gasteiger partial charge in [-0.1, -0.05) is 13.3 Å². The lowest BCUT2D eigenvalue weighted by atomic mass is 9.89. The van der Waals surface area contributed by atoms with Gasteiger partial charge in [0, 0.05) is 7.05 Å². The Balaban J connectivity index is 1.97. The van der Waals surface area contributed by atoms with Crippen LogP contribution in [0.1, 0.15) is 32.6 Å². The Morgan fingerprint density at radius 2 is 2.25 bits per heavy atom. The fourth-order valence-corrected chi connectivity index (χ4v) is 2.18. The third kappa shape index (κ3) is 2.84. The van der Waals surface area contributed by atoms with Crippen molar-refractivity contribution in [2.24, 2.45) is 5.92 Å². The van der Waals surface area contributed by atoms with Gasteiger partial charge in [-0.05, 0) is 25.2 Å². The highest BCUT2D eigenvalue weighted by Crippen LogP contribution is 2.26. The lowest BCUT2D eigenvalue weighted by molar-refractivity contribution is 0.123. The Morgan fingerprint density at radius 3 is 3.00 bits per heavy atom. The van der Waals surface area contributed by atoms with E-state index in [-0.39, 0.29) is 0 Å². The second-order valence-corrected chi connectivity index (χ2v) is 4.50. The first-order chi connectivity index (χ1) is 7.78. The average Bonchev–Trinajstić information content (AvgIpc) is 2.29. The fraction of sp³-hybridized carbons (Fsp3) is 0.667. The van der Waals surface area contributed by atoms with Crippen molar-refractivity contribution in [2.75, 3.05) is 12.4 Å². The van der Waals surface area contributed by atoms with E-state index in [2.05, 4.69) is 22.2 Å². The lowest BCUT2D eigenvalue weighted by Gasteiger charge is -2.26. The summed E-state index contributed by atoms with van der Waals surface area (Å²) in [6.07, 6.45) is 8.52. The van der Waals surface area contributed by atoms with Gasteiger partial charge in [-0.25, -0.2) is 0 Å². The van der Waals surface area contributed by atoms with Gasteiger partial charge in [-0.15, -0.1) is 0 Å². The van der Waals surface area contributed by atoms with Crippen molar-refractivity contribution >= 4 is 5.82 Å². The van der Waals surface area contributed by atoms with Crippen molar-refractivity contribution in [2.45, 2.75) is 38.7 Å². The molecule has 2 unspecified atom stereocenters. The molecule has 0 radical (unpaired) electrons. The first-order valence-corrected chi connectivity index (χ1v) is 5.94. The van der Waals surface area contributed by atoms with Crippen molar-refractivity contribution < 1.29 is 4.74 Å². The molecule has 0 amide bonds. The summed E-state index contributed by atoms with van der Waals surface area (Å²) in [6.45, 7) is 2.28. The Morgan fingerprint density at radius 1 is 1.38 bits per heavy atom.